The van der Waals surface area contributed by atoms with Crippen LogP contribution in [0, 0.1) is 11.8 Å². The van der Waals surface area contributed by atoms with Gasteiger partial charge < -0.3 is 92.9 Å². The molecule has 100 heavy (non-hydrogen) atoms. The fourth-order valence-corrected chi connectivity index (χ4v) is 12.4. The summed E-state index contributed by atoms with van der Waals surface area (Å²) in [4.78, 5) is 175. The van der Waals surface area contributed by atoms with E-state index >= 15 is 14.4 Å². The van der Waals surface area contributed by atoms with Crippen molar-refractivity contribution in [3.63, 3.8) is 0 Å². The molecule has 1 saturated heterocycles. The largest absolute Gasteiger partial charge is 0.370 e. The molecule has 12 amide bonds. The highest BCUT2D eigenvalue weighted by Crippen LogP contribution is 2.40. The Morgan fingerprint density at radius 1 is 0.510 bits per heavy atom. The van der Waals surface area contributed by atoms with Crippen molar-refractivity contribution in [2.45, 2.75) is 209 Å². The average molecular weight is 1430 g/mol. The van der Waals surface area contributed by atoms with Crippen molar-refractivity contribution >= 4 is 108 Å². The SMILES string of the molecule is CC(C)C[C@H](NC(=O)[C@H](Cc1ccccc1)NC(=O)CCCCCNC(=O)[C@@H](N)CS)C(=O)N[C@@H](Cc1ccccc1)C(=O)N[C@@H](CCCN=C(N)N)C(=O)N1[C@H](C(=O)N[C@@H](CCCN=C(N)N)C(=O)N[C@@H](CC(N)=O)C(=O)NCCCCCC(=O)N[C@@H](CS)C(N)=O)C[C@@H]2CCCC[C@@H]21. The third kappa shape index (κ3) is 30.8. The number of carbonyl (C=O) groups excluding carboxylic acids is 12. The molecule has 23 N–H and O–H groups in total. The number of likely N-dealkylation sites (tertiary alicyclic amines) is 1. The molecule has 0 radical (unpaired) electrons. The summed E-state index contributed by atoms with van der Waals surface area (Å²) in [6.07, 6.45) is 5.56. The highest BCUT2D eigenvalue weighted by molar-refractivity contribution is 7.80. The number of fused-ring (bicyclic) bond motifs is 1. The van der Waals surface area contributed by atoms with Crippen molar-refractivity contribution in [3.8, 4) is 0 Å². The normalized spacial score (nSPS) is 17.1. The summed E-state index contributed by atoms with van der Waals surface area (Å²) in [5, 5.41) is 24.9. The summed E-state index contributed by atoms with van der Waals surface area (Å²) in [5.74, 6) is -8.46. The summed E-state index contributed by atoms with van der Waals surface area (Å²) in [6.45, 7) is 4.23. The first kappa shape index (κ1) is 83.7. The number of nitrogens with zero attached hydrogens (tertiary/aromatic N) is 3. The third-order valence-corrected chi connectivity index (χ3v) is 17.9. The number of nitrogens with one attached hydrogen (secondary N) is 9. The Morgan fingerprint density at radius 2 is 0.980 bits per heavy atom. The molecule has 554 valence electrons. The lowest BCUT2D eigenvalue weighted by Gasteiger charge is -2.36. The van der Waals surface area contributed by atoms with Gasteiger partial charge in [0.05, 0.1) is 12.5 Å². The zero-order valence-corrected chi connectivity index (χ0v) is 59.3. The third-order valence-electron chi connectivity index (χ3n) is 17.2. The minimum atomic E-state index is -1.49. The lowest BCUT2D eigenvalue weighted by molar-refractivity contribution is -0.145. The van der Waals surface area contributed by atoms with Crippen LogP contribution in [-0.2, 0) is 70.4 Å². The first-order valence-corrected chi connectivity index (χ1v) is 35.7. The van der Waals surface area contributed by atoms with Gasteiger partial charge in [-0.1, -0.05) is 100 Å². The molecule has 0 unspecified atom stereocenters. The van der Waals surface area contributed by atoms with Crippen molar-refractivity contribution in [2.24, 2.45) is 62.0 Å². The highest BCUT2D eigenvalue weighted by Gasteiger charge is 2.50. The van der Waals surface area contributed by atoms with E-state index in [2.05, 4.69) is 83.1 Å². The molecule has 4 rings (SSSR count). The van der Waals surface area contributed by atoms with Crippen LogP contribution >= 0.6 is 25.3 Å². The van der Waals surface area contributed by atoms with Crippen molar-refractivity contribution in [1.82, 2.24) is 52.8 Å². The zero-order chi connectivity index (χ0) is 73.7. The van der Waals surface area contributed by atoms with Crippen molar-refractivity contribution in [1.29, 1.82) is 0 Å². The van der Waals surface area contributed by atoms with E-state index in [1.165, 1.54) is 4.90 Å². The Hall–Kier alpha value is -8.72. The standard InChI is InChI=1S/C67H107N19O12S2/c1-40(2)33-47(83-62(95)48(34-41-19-7-3-8-20-41)79-55(88)27-11-5-15-29-75-58(91)44(68)38-99)61(94)84-49(35-42-21-9-4-10-22-42)63(96)82-46(25-18-32-78-67(73)74)65(98)86-52-26-14-13-23-43(52)36-53(86)64(97)81-45(24-17-31-77-66(71)72)60(93)85-50(37-54(69)87)59(92)76-30-16-6-12-28-56(89)80-51(39-100)57(70)90/h3-4,7-10,19-22,40,43-53,99-100H,5-6,11-18,23-39,68H2,1-2H3,(H2,69,87)(H2,70,90)(H,75,91)(H,76,92)(H,79,88)(H,80,89)(H,81,97)(H,82,96)(H,83,95)(H,84,94)(H,85,93)(H4,71,72,77)(H4,73,74,78)/t43-,44-,45-,46-,47-,48-,49-,50-,51-,52-,53-/m0/s1. The number of rotatable bonds is 46. The predicted octanol–water partition coefficient (Wildman–Crippen LogP) is -1.92. The van der Waals surface area contributed by atoms with Gasteiger partial charge in [-0.2, -0.15) is 25.3 Å². The second kappa shape index (κ2) is 45.1. The molecule has 31 nitrogen and oxygen atoms in total. The first-order valence-electron chi connectivity index (χ1n) is 34.4. The van der Waals surface area contributed by atoms with Gasteiger partial charge in [-0.25, -0.2) is 0 Å². The van der Waals surface area contributed by atoms with Crippen LogP contribution < -0.4 is 88.0 Å². The Labute approximate surface area is 596 Å². The van der Waals surface area contributed by atoms with Crippen molar-refractivity contribution in [2.75, 3.05) is 37.7 Å². The van der Waals surface area contributed by atoms with Crippen molar-refractivity contribution in [3.05, 3.63) is 71.8 Å². The Balaban J connectivity index is 1.62. The van der Waals surface area contributed by atoms with E-state index in [0.717, 1.165) is 12.0 Å². The number of nitrogens with two attached hydrogens (primary N) is 7. The predicted molar refractivity (Wildman–Crippen MR) is 386 cm³/mol. The quantitative estimate of drug-likeness (QED) is 0.0149. The number of unbranched alkanes of at least 4 members (excludes halogenated alkanes) is 4. The molecular formula is C67H107N19O12S2. The molecule has 2 aliphatic rings. The molecule has 1 heterocycles. The van der Waals surface area contributed by atoms with Gasteiger partial charge in [0.15, 0.2) is 11.9 Å². The molecular weight excluding hydrogens is 1330 g/mol. The summed E-state index contributed by atoms with van der Waals surface area (Å²) >= 11 is 8.09. The van der Waals surface area contributed by atoms with Crippen LogP contribution in [-0.4, -0.2) is 186 Å². The van der Waals surface area contributed by atoms with E-state index in [1.807, 2.05) is 32.0 Å². The topological polar surface area (TPSA) is 523 Å². The smallest absolute Gasteiger partial charge is 0.246 e. The number of hydrogen-bond acceptors (Lipinski definition) is 17. The van der Waals surface area contributed by atoms with Gasteiger partial charge in [-0.15, -0.1) is 0 Å². The molecule has 2 fully saturated rings. The number of guanidine groups is 2. The maximum atomic E-state index is 15.6. The van der Waals surface area contributed by atoms with Crippen LogP contribution in [0.1, 0.15) is 147 Å². The van der Waals surface area contributed by atoms with Crippen LogP contribution in [0.5, 0.6) is 0 Å². The van der Waals surface area contributed by atoms with Gasteiger partial charge in [0.25, 0.3) is 0 Å². The monoisotopic (exact) mass is 1430 g/mol. The molecule has 1 saturated carbocycles. The summed E-state index contributed by atoms with van der Waals surface area (Å²) in [6, 6.07) is 6.56. The lowest BCUT2D eigenvalue weighted by atomic mass is 9.84. The second-order valence-corrected chi connectivity index (χ2v) is 26.5. The first-order chi connectivity index (χ1) is 47.7. The van der Waals surface area contributed by atoms with Crippen LogP contribution in [0.4, 0.5) is 0 Å². The van der Waals surface area contributed by atoms with Crippen LogP contribution in [0.3, 0.4) is 0 Å². The fraction of sp³-hybridized carbons (Fsp3) is 0.612. The minimum Gasteiger partial charge on any atom is -0.370 e. The van der Waals surface area contributed by atoms with E-state index in [1.54, 1.807) is 42.5 Å². The molecule has 1 aliphatic carbocycles. The number of hydrogen-bond donors (Lipinski definition) is 18. The Bertz CT molecular complexity index is 3070. The fourth-order valence-electron chi connectivity index (χ4n) is 12.0. The number of thiol groups is 2. The molecule has 0 bridgehead atoms. The van der Waals surface area contributed by atoms with Crippen molar-refractivity contribution < 1.29 is 57.5 Å². The van der Waals surface area contributed by atoms with Gasteiger partial charge in [-0.3, -0.25) is 67.5 Å². The minimum absolute atomic E-state index is 0.0285. The number of primary amides is 2. The summed E-state index contributed by atoms with van der Waals surface area (Å²) in [7, 11) is 0. The molecule has 0 aromatic heterocycles. The van der Waals surface area contributed by atoms with Crippen LogP contribution in [0.2, 0.25) is 0 Å². The summed E-state index contributed by atoms with van der Waals surface area (Å²) < 4.78 is 0. The Morgan fingerprint density at radius 3 is 1.49 bits per heavy atom. The maximum Gasteiger partial charge on any atom is 0.246 e. The average Bonchev–Trinajstić information content (AvgIpc) is 1.62. The molecule has 0 spiro atoms. The Kier molecular flexibility index (Phi) is 37.8. The van der Waals surface area contributed by atoms with E-state index in [9.17, 15) is 43.2 Å². The van der Waals surface area contributed by atoms with Gasteiger partial charge in [0, 0.05) is 69.4 Å². The highest BCUT2D eigenvalue weighted by atomic mass is 32.1. The van der Waals surface area contributed by atoms with Crippen LogP contribution in [0.15, 0.2) is 70.6 Å². The van der Waals surface area contributed by atoms with Gasteiger partial charge in [0.2, 0.25) is 70.9 Å². The molecule has 1 aliphatic heterocycles. The maximum absolute atomic E-state index is 15.6. The van der Waals surface area contributed by atoms with E-state index in [0.29, 0.717) is 69.9 Å². The van der Waals surface area contributed by atoms with E-state index in [-0.39, 0.29) is 125 Å². The van der Waals surface area contributed by atoms with E-state index < -0.39 is 132 Å². The molecule has 2 aromatic rings. The molecule has 33 heteroatoms. The number of amides is 12. The van der Waals surface area contributed by atoms with Gasteiger partial charge >= 0.3 is 0 Å². The number of carbonyl (C=O) groups is 12. The number of aliphatic imine (C=N–C) groups is 2. The van der Waals surface area contributed by atoms with Gasteiger partial charge in [0.1, 0.15) is 48.3 Å². The summed E-state index contributed by atoms with van der Waals surface area (Å²) in [5.41, 5.74) is 40.6. The van der Waals surface area contributed by atoms with E-state index in [4.69, 9.17) is 40.1 Å². The lowest BCUT2D eigenvalue weighted by Crippen LogP contribution is -2.61. The molecule has 2 aromatic carbocycles. The second-order valence-electron chi connectivity index (χ2n) is 25.8. The molecule has 11 atom stereocenters. The van der Waals surface area contributed by atoms with Gasteiger partial charge in [-0.05, 0) is 100 Å². The number of benzene rings is 2. The zero-order valence-electron chi connectivity index (χ0n) is 57.5. The van der Waals surface area contributed by atoms with Crippen LogP contribution in [0.25, 0.3) is 0 Å².